The molecule has 1 aliphatic rings. The van der Waals surface area contributed by atoms with Gasteiger partial charge in [-0.2, -0.15) is 5.10 Å². The fourth-order valence-corrected chi connectivity index (χ4v) is 3.36. The third-order valence-electron chi connectivity index (χ3n) is 4.69. The average molecular weight is 528 g/mol. The van der Waals surface area contributed by atoms with Gasteiger partial charge in [-0.1, -0.05) is 12.1 Å². The lowest BCUT2D eigenvalue weighted by Crippen LogP contribution is -2.47. The highest BCUT2D eigenvalue weighted by Crippen LogP contribution is 2.15. The van der Waals surface area contributed by atoms with E-state index < -0.39 is 0 Å². The summed E-state index contributed by atoms with van der Waals surface area (Å²) >= 11 is 0. The van der Waals surface area contributed by atoms with E-state index in [4.69, 9.17) is 14.5 Å². The number of fused-ring (bicyclic) bond motifs is 1. The highest BCUT2D eigenvalue weighted by molar-refractivity contribution is 14.0. The van der Waals surface area contributed by atoms with E-state index in [9.17, 15) is 0 Å². The minimum Gasteiger partial charge on any atom is -0.489 e. The standard InChI is InChI=1S/C21H32N6O2.HI/c1-5-22-21(23-12-16(3)29-18-8-6-7-15(2)11-18)24-17-9-10-20-25-19(14-28-4)26-27(20)13-17;/h6-8,11,16-17H,5,9-10,12-14H2,1-4H3,(H2,22,23,24);1H. The topological polar surface area (TPSA) is 85.6 Å². The Morgan fingerprint density at radius 1 is 1.40 bits per heavy atom. The predicted octanol–water partition coefficient (Wildman–Crippen LogP) is 2.69. The number of guanidine groups is 1. The molecule has 2 aromatic rings. The van der Waals surface area contributed by atoms with Gasteiger partial charge in [0.1, 0.15) is 24.3 Å². The Hall–Kier alpha value is -1.88. The highest BCUT2D eigenvalue weighted by Gasteiger charge is 2.22. The quantitative estimate of drug-likeness (QED) is 0.312. The molecule has 166 valence electrons. The smallest absolute Gasteiger partial charge is 0.191 e. The van der Waals surface area contributed by atoms with Crippen molar-refractivity contribution >= 4 is 29.9 Å². The van der Waals surface area contributed by atoms with Gasteiger partial charge in [0, 0.05) is 26.1 Å². The van der Waals surface area contributed by atoms with Crippen LogP contribution in [0, 0.1) is 6.92 Å². The average Bonchev–Trinajstić information content (AvgIpc) is 3.08. The zero-order chi connectivity index (χ0) is 20.6. The summed E-state index contributed by atoms with van der Waals surface area (Å²) in [5.74, 6) is 3.45. The van der Waals surface area contributed by atoms with Crippen molar-refractivity contribution in [2.24, 2.45) is 4.99 Å². The van der Waals surface area contributed by atoms with Gasteiger partial charge in [-0.25, -0.2) is 14.7 Å². The Morgan fingerprint density at radius 2 is 2.23 bits per heavy atom. The van der Waals surface area contributed by atoms with Crippen molar-refractivity contribution in [3.8, 4) is 5.75 Å². The number of nitrogens with one attached hydrogen (secondary N) is 2. The molecule has 3 rings (SSSR count). The second-order valence-electron chi connectivity index (χ2n) is 7.40. The van der Waals surface area contributed by atoms with Crippen molar-refractivity contribution in [1.29, 1.82) is 0 Å². The van der Waals surface area contributed by atoms with E-state index in [1.807, 2.05) is 29.8 Å². The third-order valence-corrected chi connectivity index (χ3v) is 4.69. The summed E-state index contributed by atoms with van der Waals surface area (Å²) in [5, 5.41) is 11.4. The van der Waals surface area contributed by atoms with Gasteiger partial charge in [0.2, 0.25) is 0 Å². The van der Waals surface area contributed by atoms with Crippen LogP contribution in [0.5, 0.6) is 5.75 Å². The number of aliphatic imine (C=N–C) groups is 1. The maximum absolute atomic E-state index is 5.99. The maximum Gasteiger partial charge on any atom is 0.191 e. The van der Waals surface area contributed by atoms with Crippen molar-refractivity contribution in [2.75, 3.05) is 20.2 Å². The van der Waals surface area contributed by atoms with Crippen LogP contribution in [0.3, 0.4) is 0 Å². The van der Waals surface area contributed by atoms with Gasteiger partial charge in [0.05, 0.1) is 13.1 Å². The van der Waals surface area contributed by atoms with Crippen LogP contribution < -0.4 is 15.4 Å². The van der Waals surface area contributed by atoms with E-state index in [0.29, 0.717) is 13.2 Å². The van der Waals surface area contributed by atoms with Crippen molar-refractivity contribution in [1.82, 2.24) is 25.4 Å². The fraction of sp³-hybridized carbons (Fsp3) is 0.571. The first-order valence-corrected chi connectivity index (χ1v) is 10.3. The molecular formula is C21H33IN6O2. The lowest BCUT2D eigenvalue weighted by molar-refractivity contribution is 0.177. The summed E-state index contributed by atoms with van der Waals surface area (Å²) in [7, 11) is 1.66. The summed E-state index contributed by atoms with van der Waals surface area (Å²) in [4.78, 5) is 9.25. The van der Waals surface area contributed by atoms with Crippen LogP contribution in [0.2, 0.25) is 0 Å². The molecule has 0 spiro atoms. The van der Waals surface area contributed by atoms with Gasteiger partial charge in [-0.15, -0.1) is 24.0 Å². The molecule has 0 bridgehead atoms. The molecule has 1 aliphatic heterocycles. The number of hydrogen-bond acceptors (Lipinski definition) is 5. The number of methoxy groups -OCH3 is 1. The van der Waals surface area contributed by atoms with Gasteiger partial charge in [0.25, 0.3) is 0 Å². The minimum atomic E-state index is -0.0165. The maximum atomic E-state index is 5.99. The van der Waals surface area contributed by atoms with E-state index in [0.717, 1.165) is 49.3 Å². The predicted molar refractivity (Wildman–Crippen MR) is 129 cm³/mol. The molecule has 0 saturated carbocycles. The number of ether oxygens (including phenoxy) is 2. The molecule has 0 aliphatic carbocycles. The van der Waals surface area contributed by atoms with Crippen LogP contribution in [0.15, 0.2) is 29.3 Å². The van der Waals surface area contributed by atoms with E-state index in [2.05, 4.69) is 40.6 Å². The molecule has 0 fully saturated rings. The number of aromatic nitrogens is 3. The summed E-state index contributed by atoms with van der Waals surface area (Å²) in [6, 6.07) is 8.34. The fourth-order valence-electron chi connectivity index (χ4n) is 3.36. The van der Waals surface area contributed by atoms with Crippen LogP contribution in [0.25, 0.3) is 0 Å². The molecule has 2 atom stereocenters. The first-order valence-electron chi connectivity index (χ1n) is 10.3. The molecule has 2 heterocycles. The lowest BCUT2D eigenvalue weighted by Gasteiger charge is -2.25. The molecule has 0 radical (unpaired) electrons. The molecule has 30 heavy (non-hydrogen) atoms. The molecule has 9 heteroatoms. The molecule has 8 nitrogen and oxygen atoms in total. The Balaban J connectivity index is 0.00000320. The van der Waals surface area contributed by atoms with Crippen LogP contribution in [-0.4, -0.2) is 53.1 Å². The summed E-state index contributed by atoms with van der Waals surface area (Å²) < 4.78 is 13.1. The van der Waals surface area contributed by atoms with Gasteiger partial charge in [-0.3, -0.25) is 0 Å². The number of aryl methyl sites for hydroxylation is 2. The number of hydrogen-bond donors (Lipinski definition) is 2. The summed E-state index contributed by atoms with van der Waals surface area (Å²) in [5.41, 5.74) is 1.19. The van der Waals surface area contributed by atoms with Crippen molar-refractivity contribution < 1.29 is 9.47 Å². The molecule has 1 aromatic carbocycles. The minimum absolute atomic E-state index is 0. The normalized spacial score (nSPS) is 16.9. The van der Waals surface area contributed by atoms with Crippen LogP contribution in [0.1, 0.15) is 37.5 Å². The molecule has 0 saturated heterocycles. The Kier molecular flexibility index (Phi) is 9.83. The van der Waals surface area contributed by atoms with Gasteiger partial charge in [0.15, 0.2) is 11.8 Å². The number of halogens is 1. The van der Waals surface area contributed by atoms with Gasteiger partial charge < -0.3 is 20.1 Å². The van der Waals surface area contributed by atoms with E-state index in [1.54, 1.807) is 7.11 Å². The number of nitrogens with zero attached hydrogens (tertiary/aromatic N) is 4. The SMILES string of the molecule is CCNC(=NCC(C)Oc1cccc(C)c1)NC1CCc2nc(COC)nn2C1.I. The van der Waals surface area contributed by atoms with E-state index in [-0.39, 0.29) is 36.1 Å². The Bertz CT molecular complexity index is 826. The number of rotatable bonds is 8. The molecule has 2 N–H and O–H groups in total. The Labute approximate surface area is 195 Å². The molecular weight excluding hydrogens is 495 g/mol. The number of benzene rings is 1. The zero-order valence-electron chi connectivity index (χ0n) is 18.2. The van der Waals surface area contributed by atoms with Crippen LogP contribution in [-0.2, 0) is 24.3 Å². The third kappa shape index (κ3) is 7.12. The van der Waals surface area contributed by atoms with Crippen molar-refractivity contribution in [2.45, 2.75) is 58.9 Å². The van der Waals surface area contributed by atoms with Gasteiger partial charge >= 0.3 is 0 Å². The largest absolute Gasteiger partial charge is 0.489 e. The van der Waals surface area contributed by atoms with E-state index in [1.165, 1.54) is 5.56 Å². The lowest BCUT2D eigenvalue weighted by atomic mass is 10.1. The second-order valence-corrected chi connectivity index (χ2v) is 7.40. The molecule has 1 aromatic heterocycles. The first kappa shape index (κ1) is 24.4. The van der Waals surface area contributed by atoms with Crippen LogP contribution >= 0.6 is 24.0 Å². The van der Waals surface area contributed by atoms with Crippen molar-refractivity contribution in [3.63, 3.8) is 0 Å². The highest BCUT2D eigenvalue weighted by atomic mass is 127. The van der Waals surface area contributed by atoms with Gasteiger partial charge in [-0.05, 0) is 44.9 Å². The molecule has 0 amide bonds. The Morgan fingerprint density at radius 3 is 2.97 bits per heavy atom. The summed E-state index contributed by atoms with van der Waals surface area (Å²) in [6.07, 6.45) is 1.86. The summed E-state index contributed by atoms with van der Waals surface area (Å²) in [6.45, 7) is 8.76. The zero-order valence-corrected chi connectivity index (χ0v) is 20.6. The molecule has 2 unspecified atom stereocenters. The first-order chi connectivity index (χ1) is 14.1. The monoisotopic (exact) mass is 528 g/mol. The van der Waals surface area contributed by atoms with E-state index >= 15 is 0 Å². The van der Waals surface area contributed by atoms with Crippen molar-refractivity contribution in [3.05, 3.63) is 41.5 Å². The van der Waals surface area contributed by atoms with Crippen LogP contribution in [0.4, 0.5) is 0 Å². The second kappa shape index (κ2) is 12.1.